The SMILES string of the molecule is CN(c1ccc(F)cc1)S(=O)(=O)c1cccc(C(=O)N2CCOCC2)c1. The van der Waals surface area contributed by atoms with E-state index in [1.807, 2.05) is 0 Å². The van der Waals surface area contributed by atoms with E-state index in [2.05, 4.69) is 0 Å². The minimum absolute atomic E-state index is 0.00318. The lowest BCUT2D eigenvalue weighted by Gasteiger charge is -2.27. The molecular formula is C18H19FN2O4S. The number of hydrogen-bond donors (Lipinski definition) is 0. The molecule has 0 aliphatic carbocycles. The topological polar surface area (TPSA) is 66.9 Å². The number of hydrogen-bond acceptors (Lipinski definition) is 4. The maximum Gasteiger partial charge on any atom is 0.264 e. The fourth-order valence-electron chi connectivity index (χ4n) is 2.69. The second kappa shape index (κ2) is 7.43. The van der Waals surface area contributed by atoms with Crippen molar-refractivity contribution >= 4 is 21.6 Å². The van der Waals surface area contributed by atoms with Crippen LogP contribution in [0.2, 0.25) is 0 Å². The van der Waals surface area contributed by atoms with E-state index >= 15 is 0 Å². The summed E-state index contributed by atoms with van der Waals surface area (Å²) in [5.74, 6) is -0.674. The first-order valence-corrected chi connectivity index (χ1v) is 9.55. The van der Waals surface area contributed by atoms with Gasteiger partial charge in [-0.25, -0.2) is 12.8 Å². The molecule has 2 aromatic rings. The molecule has 26 heavy (non-hydrogen) atoms. The first-order chi connectivity index (χ1) is 12.4. The van der Waals surface area contributed by atoms with Crippen LogP contribution in [-0.4, -0.2) is 52.6 Å². The van der Waals surface area contributed by atoms with Gasteiger partial charge in [0.25, 0.3) is 15.9 Å². The van der Waals surface area contributed by atoms with E-state index in [-0.39, 0.29) is 10.8 Å². The Morgan fingerprint density at radius 1 is 1.12 bits per heavy atom. The third-order valence-corrected chi connectivity index (χ3v) is 6.01. The van der Waals surface area contributed by atoms with Crippen LogP contribution in [0.25, 0.3) is 0 Å². The Bertz CT molecular complexity index is 894. The van der Waals surface area contributed by atoms with Gasteiger partial charge in [-0.3, -0.25) is 9.10 Å². The van der Waals surface area contributed by atoms with Crippen molar-refractivity contribution in [1.29, 1.82) is 0 Å². The van der Waals surface area contributed by atoms with Gasteiger partial charge < -0.3 is 9.64 Å². The standard InChI is InChI=1S/C18H19FN2O4S/c1-20(16-7-5-15(19)6-8-16)26(23,24)17-4-2-3-14(13-17)18(22)21-9-11-25-12-10-21/h2-8,13H,9-12H2,1H3. The number of nitrogens with zero attached hydrogens (tertiary/aromatic N) is 2. The van der Waals surface area contributed by atoms with E-state index in [0.717, 1.165) is 4.31 Å². The first-order valence-electron chi connectivity index (χ1n) is 8.11. The molecule has 0 saturated carbocycles. The Labute approximate surface area is 151 Å². The number of carbonyl (C=O) groups is 1. The van der Waals surface area contributed by atoms with Crippen LogP contribution in [0.4, 0.5) is 10.1 Å². The molecule has 2 aromatic carbocycles. The normalized spacial score (nSPS) is 14.9. The van der Waals surface area contributed by atoms with Crippen LogP contribution in [0.15, 0.2) is 53.4 Å². The van der Waals surface area contributed by atoms with Gasteiger partial charge in [-0.1, -0.05) is 6.07 Å². The molecule has 1 aliphatic heterocycles. The zero-order valence-corrected chi connectivity index (χ0v) is 15.1. The van der Waals surface area contributed by atoms with Crippen molar-refractivity contribution in [2.45, 2.75) is 4.90 Å². The molecule has 0 radical (unpaired) electrons. The van der Waals surface area contributed by atoms with Crippen molar-refractivity contribution in [3.8, 4) is 0 Å². The summed E-state index contributed by atoms with van der Waals surface area (Å²) in [7, 11) is -2.49. The van der Waals surface area contributed by atoms with Crippen LogP contribution >= 0.6 is 0 Å². The van der Waals surface area contributed by atoms with Crippen molar-refractivity contribution < 1.29 is 22.3 Å². The zero-order chi connectivity index (χ0) is 18.7. The largest absolute Gasteiger partial charge is 0.378 e. The summed E-state index contributed by atoms with van der Waals surface area (Å²) in [6.45, 7) is 1.89. The number of morpholine rings is 1. The second-order valence-corrected chi connectivity index (χ2v) is 7.85. The molecule has 1 amide bonds. The summed E-state index contributed by atoms with van der Waals surface area (Å²) in [5.41, 5.74) is 0.636. The monoisotopic (exact) mass is 378 g/mol. The van der Waals surface area contributed by atoms with Gasteiger partial charge in [-0.2, -0.15) is 0 Å². The average molecular weight is 378 g/mol. The molecule has 0 unspecified atom stereocenters. The van der Waals surface area contributed by atoms with Crippen molar-refractivity contribution in [3.05, 3.63) is 59.9 Å². The molecule has 0 bridgehead atoms. The Balaban J connectivity index is 1.88. The van der Waals surface area contributed by atoms with Gasteiger partial charge in [-0.15, -0.1) is 0 Å². The van der Waals surface area contributed by atoms with Gasteiger partial charge >= 0.3 is 0 Å². The Kier molecular flexibility index (Phi) is 5.24. The number of carbonyl (C=O) groups excluding carboxylic acids is 1. The Hall–Kier alpha value is -2.45. The van der Waals surface area contributed by atoms with E-state index in [0.29, 0.717) is 37.6 Å². The lowest BCUT2D eigenvalue weighted by atomic mass is 10.2. The van der Waals surface area contributed by atoms with Crippen LogP contribution in [-0.2, 0) is 14.8 Å². The predicted octanol–water partition coefficient (Wildman–Crippen LogP) is 2.12. The highest BCUT2D eigenvalue weighted by Gasteiger charge is 2.24. The zero-order valence-electron chi connectivity index (χ0n) is 14.3. The maximum atomic E-state index is 13.1. The van der Waals surface area contributed by atoms with E-state index in [9.17, 15) is 17.6 Å². The predicted molar refractivity (Wildman–Crippen MR) is 95.2 cm³/mol. The third-order valence-electron chi connectivity index (χ3n) is 4.23. The molecule has 138 valence electrons. The molecule has 1 heterocycles. The molecule has 0 atom stereocenters. The fourth-order valence-corrected chi connectivity index (χ4v) is 3.93. The molecular weight excluding hydrogens is 359 g/mol. The number of sulfonamides is 1. The summed E-state index contributed by atoms with van der Waals surface area (Å²) < 4.78 is 45.1. The number of rotatable bonds is 4. The molecule has 6 nitrogen and oxygen atoms in total. The average Bonchev–Trinajstić information content (AvgIpc) is 2.68. The molecule has 8 heteroatoms. The van der Waals surface area contributed by atoms with E-state index in [1.165, 1.54) is 43.4 Å². The highest BCUT2D eigenvalue weighted by Crippen LogP contribution is 2.23. The number of halogens is 1. The number of ether oxygens (including phenoxy) is 1. The molecule has 0 N–H and O–H groups in total. The third kappa shape index (κ3) is 3.71. The molecule has 1 saturated heterocycles. The van der Waals surface area contributed by atoms with Crippen LogP contribution in [0.1, 0.15) is 10.4 Å². The minimum atomic E-state index is -3.88. The van der Waals surface area contributed by atoms with Crippen LogP contribution in [0.5, 0.6) is 0 Å². The first kappa shape index (κ1) is 18.3. The highest BCUT2D eigenvalue weighted by atomic mass is 32.2. The summed E-state index contributed by atoms with van der Waals surface area (Å²) in [4.78, 5) is 14.2. The van der Waals surface area contributed by atoms with Crippen LogP contribution in [0.3, 0.4) is 0 Å². The quantitative estimate of drug-likeness (QED) is 0.817. The van der Waals surface area contributed by atoms with Crippen molar-refractivity contribution in [2.75, 3.05) is 37.7 Å². The van der Waals surface area contributed by atoms with Gasteiger partial charge in [0.05, 0.1) is 23.8 Å². The number of amides is 1. The van der Waals surface area contributed by atoms with Crippen molar-refractivity contribution in [3.63, 3.8) is 0 Å². The maximum absolute atomic E-state index is 13.1. The second-order valence-electron chi connectivity index (χ2n) is 5.88. The Morgan fingerprint density at radius 3 is 2.42 bits per heavy atom. The van der Waals surface area contributed by atoms with Crippen LogP contribution < -0.4 is 4.31 Å². The summed E-state index contributed by atoms with van der Waals surface area (Å²) in [6, 6.07) is 11.1. The van der Waals surface area contributed by atoms with E-state index in [4.69, 9.17) is 4.74 Å². The van der Waals surface area contributed by atoms with Crippen molar-refractivity contribution in [1.82, 2.24) is 4.90 Å². The molecule has 3 rings (SSSR count). The molecule has 1 fully saturated rings. The number of anilines is 1. The summed E-state index contributed by atoms with van der Waals surface area (Å²) in [5, 5.41) is 0. The number of benzene rings is 2. The summed E-state index contributed by atoms with van der Waals surface area (Å²) in [6.07, 6.45) is 0. The van der Waals surface area contributed by atoms with E-state index in [1.54, 1.807) is 17.0 Å². The van der Waals surface area contributed by atoms with Gasteiger partial charge in [0, 0.05) is 25.7 Å². The molecule has 1 aliphatic rings. The van der Waals surface area contributed by atoms with Crippen LogP contribution in [0, 0.1) is 5.82 Å². The molecule has 0 spiro atoms. The van der Waals surface area contributed by atoms with E-state index < -0.39 is 15.8 Å². The molecule has 0 aromatic heterocycles. The highest BCUT2D eigenvalue weighted by molar-refractivity contribution is 7.92. The van der Waals surface area contributed by atoms with Gasteiger partial charge in [0.2, 0.25) is 0 Å². The lowest BCUT2D eigenvalue weighted by Crippen LogP contribution is -2.40. The summed E-state index contributed by atoms with van der Waals surface area (Å²) >= 11 is 0. The smallest absolute Gasteiger partial charge is 0.264 e. The Morgan fingerprint density at radius 2 is 1.77 bits per heavy atom. The van der Waals surface area contributed by atoms with Gasteiger partial charge in [0.15, 0.2) is 0 Å². The van der Waals surface area contributed by atoms with Crippen molar-refractivity contribution in [2.24, 2.45) is 0 Å². The van der Waals surface area contributed by atoms with Gasteiger partial charge in [0.1, 0.15) is 5.82 Å². The lowest BCUT2D eigenvalue weighted by molar-refractivity contribution is 0.0302. The van der Waals surface area contributed by atoms with Gasteiger partial charge in [-0.05, 0) is 42.5 Å². The fraction of sp³-hybridized carbons (Fsp3) is 0.278. The minimum Gasteiger partial charge on any atom is -0.378 e.